The Morgan fingerprint density at radius 3 is 1.24 bits per heavy atom. The summed E-state index contributed by atoms with van der Waals surface area (Å²) in [4.78, 5) is 60.4. The molecule has 0 aromatic carbocycles. The fraction of sp³-hybridized carbons (Fsp3) is 0.889. The standard InChI is InChI=1S/C36H66N4O10/c1-33(2,3)47-29(41)20-37-13-14-38(21-30(42)48-34(4,5)6)17-18-40(23-32(44)50-36(10,11)12)27(24-45-25-28-26-46-28)19-39(16-15-37)22-31(43)49-35(7,8)9/h27-28H,13-26H2,1-12H3. The van der Waals surface area contributed by atoms with Gasteiger partial charge in [0.25, 0.3) is 0 Å². The van der Waals surface area contributed by atoms with Gasteiger partial charge >= 0.3 is 23.9 Å². The molecule has 2 fully saturated rings. The molecule has 2 atom stereocenters. The van der Waals surface area contributed by atoms with E-state index >= 15 is 0 Å². The van der Waals surface area contributed by atoms with E-state index in [0.29, 0.717) is 59.0 Å². The quantitative estimate of drug-likeness (QED) is 0.166. The highest BCUT2D eigenvalue weighted by Gasteiger charge is 2.32. The van der Waals surface area contributed by atoms with Crippen LogP contribution in [0.15, 0.2) is 0 Å². The van der Waals surface area contributed by atoms with E-state index in [1.807, 2.05) is 103 Å². The monoisotopic (exact) mass is 714 g/mol. The van der Waals surface area contributed by atoms with E-state index < -0.39 is 22.4 Å². The fourth-order valence-electron chi connectivity index (χ4n) is 5.28. The van der Waals surface area contributed by atoms with Crippen molar-refractivity contribution in [2.75, 3.05) is 91.8 Å². The van der Waals surface area contributed by atoms with Crippen LogP contribution in [-0.2, 0) is 47.6 Å². The molecule has 0 aromatic rings. The van der Waals surface area contributed by atoms with Crippen LogP contribution in [0.5, 0.6) is 0 Å². The molecule has 14 nitrogen and oxygen atoms in total. The molecule has 290 valence electrons. The second-order valence-corrected chi connectivity index (χ2v) is 17.3. The summed E-state index contributed by atoms with van der Waals surface area (Å²) in [6, 6.07) is -0.342. The maximum Gasteiger partial charge on any atom is 0.320 e. The van der Waals surface area contributed by atoms with Crippen LogP contribution in [0.1, 0.15) is 83.1 Å². The Balaban J connectivity index is 2.47. The number of ether oxygens (including phenoxy) is 6. The van der Waals surface area contributed by atoms with Crippen LogP contribution in [0, 0.1) is 0 Å². The van der Waals surface area contributed by atoms with E-state index in [1.54, 1.807) is 0 Å². The van der Waals surface area contributed by atoms with Crippen LogP contribution in [0.25, 0.3) is 0 Å². The van der Waals surface area contributed by atoms with Crippen molar-refractivity contribution in [1.82, 2.24) is 19.6 Å². The number of carbonyl (C=O) groups is 4. The predicted octanol–water partition coefficient (Wildman–Crippen LogP) is 2.36. The van der Waals surface area contributed by atoms with Crippen molar-refractivity contribution >= 4 is 23.9 Å². The Kier molecular flexibility index (Phi) is 16.6. The van der Waals surface area contributed by atoms with E-state index in [2.05, 4.69) is 0 Å². The smallest absolute Gasteiger partial charge is 0.320 e. The molecule has 50 heavy (non-hydrogen) atoms. The highest BCUT2D eigenvalue weighted by atomic mass is 16.6. The van der Waals surface area contributed by atoms with Gasteiger partial charge in [-0.2, -0.15) is 0 Å². The van der Waals surface area contributed by atoms with Crippen molar-refractivity contribution < 1.29 is 47.6 Å². The first kappa shape index (κ1) is 43.8. The summed E-state index contributed by atoms with van der Waals surface area (Å²) < 4.78 is 34.2. The molecule has 0 spiro atoms. The Hall–Kier alpha value is -2.36. The lowest BCUT2D eigenvalue weighted by molar-refractivity contribution is -0.160. The molecule has 14 heteroatoms. The second-order valence-electron chi connectivity index (χ2n) is 17.3. The summed E-state index contributed by atoms with van der Waals surface area (Å²) >= 11 is 0. The number of nitrogens with zero attached hydrogens (tertiary/aromatic N) is 4. The molecule has 2 unspecified atom stereocenters. The van der Waals surface area contributed by atoms with Gasteiger partial charge < -0.3 is 28.4 Å². The van der Waals surface area contributed by atoms with Crippen LogP contribution < -0.4 is 0 Å². The number of hydrogen-bond donors (Lipinski definition) is 0. The minimum absolute atomic E-state index is 0.00479. The highest BCUT2D eigenvalue weighted by molar-refractivity contribution is 5.73. The fourth-order valence-corrected chi connectivity index (χ4v) is 5.28. The van der Waals surface area contributed by atoms with Crippen LogP contribution in [0.3, 0.4) is 0 Å². The van der Waals surface area contributed by atoms with Crippen molar-refractivity contribution in [3.05, 3.63) is 0 Å². The summed E-state index contributed by atoms with van der Waals surface area (Å²) in [6.07, 6.45) is 0.0455. The molecule has 2 saturated heterocycles. The van der Waals surface area contributed by atoms with E-state index in [9.17, 15) is 19.2 Å². The van der Waals surface area contributed by atoms with Crippen LogP contribution in [0.4, 0.5) is 0 Å². The van der Waals surface area contributed by atoms with E-state index in [-0.39, 0.29) is 68.8 Å². The largest absolute Gasteiger partial charge is 0.459 e. The maximum atomic E-state index is 13.3. The average molecular weight is 715 g/mol. The zero-order valence-corrected chi connectivity index (χ0v) is 32.9. The second kappa shape index (κ2) is 18.9. The molecule has 2 heterocycles. The Labute approximate surface area is 300 Å². The van der Waals surface area contributed by atoms with Crippen molar-refractivity contribution in [2.45, 2.75) is 118 Å². The van der Waals surface area contributed by atoms with Gasteiger partial charge in [0.15, 0.2) is 0 Å². The van der Waals surface area contributed by atoms with Crippen molar-refractivity contribution in [1.29, 1.82) is 0 Å². The van der Waals surface area contributed by atoms with Gasteiger partial charge in [-0.25, -0.2) is 0 Å². The first-order valence-corrected chi connectivity index (χ1v) is 17.8. The van der Waals surface area contributed by atoms with Crippen molar-refractivity contribution in [3.8, 4) is 0 Å². The van der Waals surface area contributed by atoms with Crippen LogP contribution in [0.2, 0.25) is 0 Å². The first-order valence-electron chi connectivity index (χ1n) is 17.8. The van der Waals surface area contributed by atoms with Gasteiger partial charge in [0, 0.05) is 51.9 Å². The maximum absolute atomic E-state index is 13.3. The van der Waals surface area contributed by atoms with Crippen molar-refractivity contribution in [2.24, 2.45) is 0 Å². The lowest BCUT2D eigenvalue weighted by Gasteiger charge is -2.38. The van der Waals surface area contributed by atoms with Gasteiger partial charge in [0.2, 0.25) is 0 Å². The molecule has 0 aromatic heterocycles. The summed E-state index contributed by atoms with van der Waals surface area (Å²) in [5.74, 6) is -1.49. The van der Waals surface area contributed by atoms with Gasteiger partial charge in [0.05, 0.1) is 46.0 Å². The SMILES string of the molecule is CC(C)(C)OC(=O)CN1CCN(CC(=O)OC(C)(C)C)CCN(CC(=O)OC(C)(C)C)C(COCC2CO2)CN(CC(=O)OC(C)(C)C)CC1. The predicted molar refractivity (Wildman–Crippen MR) is 189 cm³/mol. The summed E-state index contributed by atoms with van der Waals surface area (Å²) in [6.45, 7) is 26.2. The number of hydrogen-bond acceptors (Lipinski definition) is 14. The molecule has 2 rings (SSSR count). The third-order valence-electron chi connectivity index (χ3n) is 7.24. The summed E-state index contributed by atoms with van der Waals surface area (Å²) in [5.41, 5.74) is -2.65. The van der Waals surface area contributed by atoms with Gasteiger partial charge in [-0.05, 0) is 83.1 Å². The third-order valence-corrected chi connectivity index (χ3v) is 7.24. The minimum Gasteiger partial charge on any atom is -0.459 e. The number of epoxide rings is 1. The highest BCUT2D eigenvalue weighted by Crippen LogP contribution is 2.16. The molecule has 0 N–H and O–H groups in total. The van der Waals surface area contributed by atoms with E-state index in [0.717, 1.165) is 0 Å². The molecule has 0 radical (unpaired) electrons. The molecular formula is C36H66N4O10. The minimum atomic E-state index is -0.679. The van der Waals surface area contributed by atoms with Gasteiger partial charge in [-0.1, -0.05) is 0 Å². The van der Waals surface area contributed by atoms with E-state index in [1.165, 1.54) is 0 Å². The normalized spacial score (nSPS) is 21.4. The Morgan fingerprint density at radius 2 is 0.860 bits per heavy atom. The lowest BCUT2D eigenvalue weighted by Crippen LogP contribution is -2.55. The van der Waals surface area contributed by atoms with Crippen molar-refractivity contribution in [3.63, 3.8) is 0 Å². The molecule has 0 amide bonds. The summed E-state index contributed by atoms with van der Waals surface area (Å²) in [5, 5.41) is 0. The topological polar surface area (TPSA) is 140 Å². The van der Waals surface area contributed by atoms with E-state index in [4.69, 9.17) is 28.4 Å². The number of esters is 4. The first-order chi connectivity index (χ1) is 22.9. The zero-order chi connectivity index (χ0) is 37.9. The zero-order valence-electron chi connectivity index (χ0n) is 32.9. The number of carbonyl (C=O) groups excluding carboxylic acids is 4. The molecular weight excluding hydrogens is 648 g/mol. The van der Waals surface area contributed by atoms with Gasteiger partial charge in [-0.3, -0.25) is 38.8 Å². The number of rotatable bonds is 12. The third kappa shape index (κ3) is 21.1. The van der Waals surface area contributed by atoms with Crippen LogP contribution >= 0.6 is 0 Å². The van der Waals surface area contributed by atoms with Crippen LogP contribution in [-0.4, -0.2) is 170 Å². The molecule has 2 aliphatic heterocycles. The molecule has 0 bridgehead atoms. The molecule has 0 saturated carbocycles. The average Bonchev–Trinajstić information content (AvgIpc) is 3.71. The van der Waals surface area contributed by atoms with Gasteiger partial charge in [0.1, 0.15) is 28.5 Å². The molecule has 0 aliphatic carbocycles. The Bertz CT molecular complexity index is 1100. The Morgan fingerprint density at radius 1 is 0.520 bits per heavy atom. The lowest BCUT2D eigenvalue weighted by atomic mass is 10.2. The molecule has 2 aliphatic rings. The summed E-state index contributed by atoms with van der Waals surface area (Å²) in [7, 11) is 0. The van der Waals surface area contributed by atoms with Gasteiger partial charge in [-0.15, -0.1) is 0 Å².